The third-order valence-electron chi connectivity index (χ3n) is 2.84. The van der Waals surface area contributed by atoms with E-state index < -0.39 is 0 Å². The van der Waals surface area contributed by atoms with Gasteiger partial charge in [-0.25, -0.2) is 4.98 Å². The summed E-state index contributed by atoms with van der Waals surface area (Å²) < 4.78 is 0. The Bertz CT molecular complexity index is 557. The standard InChI is InChI=1S/C14H15NOS/c1-9-4-5-12(6-10(9)2)14(16)7-13-8-17-11(3)15-13/h4-6,8H,7H2,1-3H3. The van der Waals surface area contributed by atoms with Crippen LogP contribution in [0.2, 0.25) is 0 Å². The Hall–Kier alpha value is -1.48. The van der Waals surface area contributed by atoms with Crippen molar-refractivity contribution in [3.05, 3.63) is 51.0 Å². The van der Waals surface area contributed by atoms with Crippen molar-refractivity contribution in [1.29, 1.82) is 0 Å². The van der Waals surface area contributed by atoms with Gasteiger partial charge in [-0.2, -0.15) is 0 Å². The van der Waals surface area contributed by atoms with Crippen LogP contribution >= 0.6 is 11.3 Å². The molecule has 0 spiro atoms. The van der Waals surface area contributed by atoms with E-state index >= 15 is 0 Å². The molecular weight excluding hydrogens is 230 g/mol. The first-order valence-corrected chi connectivity index (χ1v) is 6.45. The molecule has 0 N–H and O–H groups in total. The van der Waals surface area contributed by atoms with Gasteiger partial charge in [0.25, 0.3) is 0 Å². The maximum absolute atomic E-state index is 12.1. The maximum Gasteiger partial charge on any atom is 0.168 e. The molecule has 2 nitrogen and oxygen atoms in total. The van der Waals surface area contributed by atoms with Crippen LogP contribution < -0.4 is 0 Å². The van der Waals surface area contributed by atoms with E-state index in [0.717, 1.165) is 21.8 Å². The molecule has 0 radical (unpaired) electrons. The minimum Gasteiger partial charge on any atom is -0.294 e. The molecule has 1 heterocycles. The van der Waals surface area contributed by atoms with Gasteiger partial charge in [0.15, 0.2) is 5.78 Å². The van der Waals surface area contributed by atoms with Crippen LogP contribution in [0.25, 0.3) is 0 Å². The zero-order chi connectivity index (χ0) is 12.4. The fourth-order valence-electron chi connectivity index (χ4n) is 1.67. The first kappa shape index (κ1) is 12.0. The van der Waals surface area contributed by atoms with Crippen molar-refractivity contribution in [3.63, 3.8) is 0 Å². The zero-order valence-electron chi connectivity index (χ0n) is 10.3. The summed E-state index contributed by atoms with van der Waals surface area (Å²) in [5.41, 5.74) is 4.02. The summed E-state index contributed by atoms with van der Waals surface area (Å²) >= 11 is 1.58. The Balaban J connectivity index is 2.17. The highest BCUT2D eigenvalue weighted by molar-refractivity contribution is 7.09. The van der Waals surface area contributed by atoms with Crippen LogP contribution in [-0.2, 0) is 6.42 Å². The molecule has 2 aromatic rings. The van der Waals surface area contributed by atoms with Crippen molar-refractivity contribution in [3.8, 4) is 0 Å². The lowest BCUT2D eigenvalue weighted by Crippen LogP contribution is -2.04. The summed E-state index contributed by atoms with van der Waals surface area (Å²) in [7, 11) is 0. The van der Waals surface area contributed by atoms with Gasteiger partial charge >= 0.3 is 0 Å². The van der Waals surface area contributed by atoms with Gasteiger partial charge in [0, 0.05) is 10.9 Å². The van der Waals surface area contributed by atoms with Crippen molar-refractivity contribution in [2.45, 2.75) is 27.2 Å². The number of hydrogen-bond donors (Lipinski definition) is 0. The van der Waals surface area contributed by atoms with Gasteiger partial charge in [0.1, 0.15) is 0 Å². The Labute approximate surface area is 105 Å². The van der Waals surface area contributed by atoms with Crippen LogP contribution in [-0.4, -0.2) is 10.8 Å². The van der Waals surface area contributed by atoms with Crippen LogP contribution in [0.5, 0.6) is 0 Å². The summed E-state index contributed by atoms with van der Waals surface area (Å²) in [6.45, 7) is 6.03. The molecule has 0 unspecified atom stereocenters. The van der Waals surface area contributed by atoms with Crippen LogP contribution in [0.3, 0.4) is 0 Å². The number of ketones is 1. The topological polar surface area (TPSA) is 30.0 Å². The summed E-state index contributed by atoms with van der Waals surface area (Å²) in [6.07, 6.45) is 0.396. The van der Waals surface area contributed by atoms with E-state index in [2.05, 4.69) is 4.98 Å². The second-order valence-electron chi connectivity index (χ2n) is 4.26. The van der Waals surface area contributed by atoms with E-state index in [1.54, 1.807) is 11.3 Å². The molecule has 0 atom stereocenters. The third-order valence-corrected chi connectivity index (χ3v) is 3.66. The predicted molar refractivity (Wildman–Crippen MR) is 70.8 cm³/mol. The number of rotatable bonds is 3. The quantitative estimate of drug-likeness (QED) is 0.775. The molecular formula is C14H15NOS. The number of aromatic nitrogens is 1. The first-order chi connectivity index (χ1) is 8.06. The number of aryl methyl sites for hydroxylation is 3. The van der Waals surface area contributed by atoms with Crippen molar-refractivity contribution in [1.82, 2.24) is 4.98 Å². The molecule has 0 bridgehead atoms. The van der Waals surface area contributed by atoms with Crippen LogP contribution in [0.4, 0.5) is 0 Å². The minimum atomic E-state index is 0.137. The number of nitrogens with zero attached hydrogens (tertiary/aromatic N) is 1. The molecule has 1 aromatic carbocycles. The molecule has 2 rings (SSSR count). The van der Waals surface area contributed by atoms with Gasteiger partial charge in [0.05, 0.1) is 17.1 Å². The zero-order valence-corrected chi connectivity index (χ0v) is 11.1. The van der Waals surface area contributed by atoms with Gasteiger partial charge < -0.3 is 0 Å². The Kier molecular flexibility index (Phi) is 3.38. The lowest BCUT2D eigenvalue weighted by molar-refractivity contribution is 0.0992. The van der Waals surface area contributed by atoms with Crippen molar-refractivity contribution in [2.75, 3.05) is 0 Å². The van der Waals surface area contributed by atoms with Crippen LogP contribution in [0, 0.1) is 20.8 Å². The lowest BCUT2D eigenvalue weighted by atomic mass is 10.0. The van der Waals surface area contributed by atoms with E-state index in [1.165, 1.54) is 5.56 Å². The van der Waals surface area contributed by atoms with Gasteiger partial charge in [-0.3, -0.25) is 4.79 Å². The number of carbonyl (C=O) groups is 1. The second-order valence-corrected chi connectivity index (χ2v) is 5.32. The molecule has 88 valence electrons. The number of thiazole rings is 1. The average Bonchev–Trinajstić information content (AvgIpc) is 2.68. The van der Waals surface area contributed by atoms with E-state index in [9.17, 15) is 4.79 Å². The largest absolute Gasteiger partial charge is 0.294 e. The molecule has 0 saturated heterocycles. The lowest BCUT2D eigenvalue weighted by Gasteiger charge is -2.03. The summed E-state index contributed by atoms with van der Waals surface area (Å²) in [6, 6.07) is 5.84. The van der Waals surface area contributed by atoms with E-state index in [4.69, 9.17) is 0 Å². The maximum atomic E-state index is 12.1. The minimum absolute atomic E-state index is 0.137. The number of benzene rings is 1. The SMILES string of the molecule is Cc1nc(CC(=O)c2ccc(C)c(C)c2)cs1. The van der Waals surface area contributed by atoms with Crippen LogP contribution in [0.1, 0.15) is 32.2 Å². The monoisotopic (exact) mass is 245 g/mol. The molecule has 0 aliphatic rings. The first-order valence-electron chi connectivity index (χ1n) is 5.57. The summed E-state index contributed by atoms with van der Waals surface area (Å²) in [5, 5.41) is 2.96. The second kappa shape index (κ2) is 4.80. The van der Waals surface area contributed by atoms with Gasteiger partial charge in [0.2, 0.25) is 0 Å². The fourth-order valence-corrected chi connectivity index (χ4v) is 2.28. The number of carbonyl (C=O) groups excluding carboxylic acids is 1. The highest BCUT2D eigenvalue weighted by atomic mass is 32.1. The van der Waals surface area contributed by atoms with Crippen molar-refractivity contribution >= 4 is 17.1 Å². The molecule has 3 heteroatoms. The third kappa shape index (κ3) is 2.80. The summed E-state index contributed by atoms with van der Waals surface area (Å²) in [5.74, 6) is 0.137. The number of hydrogen-bond acceptors (Lipinski definition) is 3. The number of Topliss-reactive ketones (excluding diaryl/α,β-unsaturated/α-hetero) is 1. The molecule has 0 fully saturated rings. The van der Waals surface area contributed by atoms with E-state index in [-0.39, 0.29) is 5.78 Å². The highest BCUT2D eigenvalue weighted by Crippen LogP contribution is 2.14. The van der Waals surface area contributed by atoms with Crippen LogP contribution in [0.15, 0.2) is 23.6 Å². The Morgan fingerprint density at radius 3 is 2.59 bits per heavy atom. The van der Waals surface area contributed by atoms with E-state index in [1.807, 2.05) is 44.4 Å². The smallest absolute Gasteiger partial charge is 0.168 e. The molecule has 1 aromatic heterocycles. The normalized spacial score (nSPS) is 10.5. The Morgan fingerprint density at radius 2 is 2.00 bits per heavy atom. The van der Waals surface area contributed by atoms with Gasteiger partial charge in [-0.1, -0.05) is 12.1 Å². The van der Waals surface area contributed by atoms with Gasteiger partial charge in [-0.15, -0.1) is 11.3 Å². The summed E-state index contributed by atoms with van der Waals surface area (Å²) in [4.78, 5) is 16.4. The molecule has 0 amide bonds. The van der Waals surface area contributed by atoms with E-state index in [0.29, 0.717) is 6.42 Å². The predicted octanol–water partition coefficient (Wildman–Crippen LogP) is 3.49. The molecule has 0 saturated carbocycles. The Morgan fingerprint density at radius 1 is 1.24 bits per heavy atom. The average molecular weight is 245 g/mol. The van der Waals surface area contributed by atoms with Crippen molar-refractivity contribution < 1.29 is 4.79 Å². The highest BCUT2D eigenvalue weighted by Gasteiger charge is 2.09. The van der Waals surface area contributed by atoms with Crippen molar-refractivity contribution in [2.24, 2.45) is 0 Å². The molecule has 17 heavy (non-hydrogen) atoms. The van der Waals surface area contributed by atoms with Gasteiger partial charge in [-0.05, 0) is 38.0 Å². The fraction of sp³-hybridized carbons (Fsp3) is 0.286. The molecule has 0 aliphatic heterocycles. The molecule has 0 aliphatic carbocycles.